The zero-order chi connectivity index (χ0) is 18.5. The number of hydrogen-bond acceptors (Lipinski definition) is 7. The number of rotatable bonds is 6. The van der Waals surface area contributed by atoms with E-state index in [-0.39, 0.29) is 5.91 Å². The van der Waals surface area contributed by atoms with Crippen LogP contribution in [0, 0.1) is 0 Å². The van der Waals surface area contributed by atoms with Crippen molar-refractivity contribution in [3.63, 3.8) is 0 Å². The van der Waals surface area contributed by atoms with E-state index in [0.29, 0.717) is 33.6 Å². The first-order valence-electron chi connectivity index (χ1n) is 7.64. The number of methoxy groups -OCH3 is 3. The first kappa shape index (κ1) is 17.7. The Labute approximate surface area is 154 Å². The molecular weight excluding hydrogens is 354 g/mol. The van der Waals surface area contributed by atoms with Crippen molar-refractivity contribution in [3.05, 3.63) is 47.6 Å². The average molecular weight is 371 g/mol. The van der Waals surface area contributed by atoms with Crippen LogP contribution in [-0.4, -0.2) is 37.2 Å². The van der Waals surface area contributed by atoms with Gasteiger partial charge < -0.3 is 19.5 Å². The van der Waals surface area contributed by atoms with Crippen molar-refractivity contribution in [2.24, 2.45) is 0 Å². The maximum atomic E-state index is 12.5. The maximum absolute atomic E-state index is 12.5. The zero-order valence-corrected chi connectivity index (χ0v) is 15.3. The molecule has 0 aliphatic rings. The van der Waals surface area contributed by atoms with E-state index < -0.39 is 0 Å². The zero-order valence-electron chi connectivity index (χ0n) is 14.5. The summed E-state index contributed by atoms with van der Waals surface area (Å²) in [5.74, 6) is 1.03. The van der Waals surface area contributed by atoms with Gasteiger partial charge in [0.1, 0.15) is 10.7 Å². The van der Waals surface area contributed by atoms with Gasteiger partial charge in [-0.15, -0.1) is 11.3 Å². The first-order chi connectivity index (χ1) is 12.7. The van der Waals surface area contributed by atoms with Crippen LogP contribution in [0.2, 0.25) is 0 Å². The van der Waals surface area contributed by atoms with E-state index in [1.54, 1.807) is 23.7 Å². The number of anilines is 1. The molecule has 0 radical (unpaired) electrons. The van der Waals surface area contributed by atoms with Crippen LogP contribution in [0.4, 0.5) is 5.69 Å². The van der Waals surface area contributed by atoms with E-state index in [9.17, 15) is 4.79 Å². The van der Waals surface area contributed by atoms with Gasteiger partial charge in [0.2, 0.25) is 5.75 Å². The smallest absolute Gasteiger partial charge is 0.275 e. The molecule has 0 saturated heterocycles. The van der Waals surface area contributed by atoms with Gasteiger partial charge in [-0.3, -0.25) is 9.78 Å². The number of hydrogen-bond donors (Lipinski definition) is 1. The normalized spacial score (nSPS) is 10.3. The fourth-order valence-electron chi connectivity index (χ4n) is 2.33. The molecule has 2 aromatic heterocycles. The van der Waals surface area contributed by atoms with Crippen molar-refractivity contribution < 1.29 is 19.0 Å². The Kier molecular flexibility index (Phi) is 5.33. The number of ether oxygens (including phenoxy) is 3. The fraction of sp³-hybridized carbons (Fsp3) is 0.167. The van der Waals surface area contributed by atoms with Crippen LogP contribution < -0.4 is 19.5 Å². The van der Waals surface area contributed by atoms with Crippen LogP contribution in [0.3, 0.4) is 0 Å². The lowest BCUT2D eigenvalue weighted by molar-refractivity contribution is 0.102. The average Bonchev–Trinajstić information content (AvgIpc) is 3.18. The van der Waals surface area contributed by atoms with Crippen molar-refractivity contribution in [2.75, 3.05) is 26.6 Å². The van der Waals surface area contributed by atoms with Gasteiger partial charge in [0.15, 0.2) is 11.5 Å². The van der Waals surface area contributed by atoms with Gasteiger partial charge in [-0.25, -0.2) is 4.98 Å². The minimum Gasteiger partial charge on any atom is -0.493 e. The molecule has 3 rings (SSSR count). The number of aromatic nitrogens is 2. The molecule has 2 heterocycles. The van der Waals surface area contributed by atoms with E-state index in [1.165, 1.54) is 32.7 Å². The molecule has 0 saturated carbocycles. The van der Waals surface area contributed by atoms with Crippen molar-refractivity contribution >= 4 is 22.9 Å². The van der Waals surface area contributed by atoms with Crippen molar-refractivity contribution in [1.29, 1.82) is 0 Å². The third-order valence-corrected chi connectivity index (χ3v) is 4.41. The molecule has 7 nitrogen and oxygen atoms in total. The summed E-state index contributed by atoms with van der Waals surface area (Å²) in [4.78, 5) is 21.1. The van der Waals surface area contributed by atoms with Crippen LogP contribution >= 0.6 is 11.3 Å². The molecule has 0 spiro atoms. The second kappa shape index (κ2) is 7.83. The minimum atomic E-state index is -0.335. The molecule has 26 heavy (non-hydrogen) atoms. The highest BCUT2D eigenvalue weighted by atomic mass is 32.1. The highest BCUT2D eigenvalue weighted by Gasteiger charge is 2.17. The van der Waals surface area contributed by atoms with E-state index in [1.807, 2.05) is 18.2 Å². The second-order valence-electron chi connectivity index (χ2n) is 5.12. The molecule has 134 valence electrons. The summed E-state index contributed by atoms with van der Waals surface area (Å²) < 4.78 is 15.9. The molecule has 1 N–H and O–H groups in total. The Balaban J connectivity index is 1.83. The van der Waals surface area contributed by atoms with Crippen LogP contribution in [0.25, 0.3) is 10.7 Å². The van der Waals surface area contributed by atoms with Gasteiger partial charge in [-0.2, -0.15) is 0 Å². The number of carbonyl (C=O) groups excluding carboxylic acids is 1. The predicted octanol–water partition coefficient (Wildman–Crippen LogP) is 3.48. The highest BCUT2D eigenvalue weighted by Crippen LogP contribution is 2.40. The summed E-state index contributed by atoms with van der Waals surface area (Å²) in [5.41, 5.74) is 1.55. The third kappa shape index (κ3) is 3.60. The molecule has 3 aromatic rings. The summed E-state index contributed by atoms with van der Waals surface area (Å²) in [6, 6.07) is 8.87. The number of benzene rings is 1. The number of amides is 1. The van der Waals surface area contributed by atoms with Crippen molar-refractivity contribution in [1.82, 2.24) is 9.97 Å². The summed E-state index contributed by atoms with van der Waals surface area (Å²) >= 11 is 1.36. The molecule has 8 heteroatoms. The Bertz CT molecular complexity index is 887. The van der Waals surface area contributed by atoms with Crippen LogP contribution in [0.5, 0.6) is 17.2 Å². The van der Waals surface area contributed by atoms with Crippen LogP contribution in [-0.2, 0) is 0 Å². The lowest BCUT2D eigenvalue weighted by Gasteiger charge is -2.14. The lowest BCUT2D eigenvalue weighted by Crippen LogP contribution is -2.12. The quantitative estimate of drug-likeness (QED) is 0.714. The van der Waals surface area contributed by atoms with E-state index in [2.05, 4.69) is 15.3 Å². The second-order valence-corrected chi connectivity index (χ2v) is 5.98. The molecule has 0 fully saturated rings. The largest absolute Gasteiger partial charge is 0.493 e. The topological polar surface area (TPSA) is 82.6 Å². The molecule has 0 aliphatic carbocycles. The maximum Gasteiger partial charge on any atom is 0.275 e. The summed E-state index contributed by atoms with van der Waals surface area (Å²) in [5, 5.41) is 5.17. The highest BCUT2D eigenvalue weighted by molar-refractivity contribution is 7.13. The number of carbonyl (C=O) groups is 1. The summed E-state index contributed by atoms with van der Waals surface area (Å²) in [7, 11) is 4.55. The summed E-state index contributed by atoms with van der Waals surface area (Å²) in [6.07, 6.45) is 1.69. The number of nitrogens with zero attached hydrogens (tertiary/aromatic N) is 2. The molecule has 0 bridgehead atoms. The number of thiazole rings is 1. The summed E-state index contributed by atoms with van der Waals surface area (Å²) in [6.45, 7) is 0. The lowest BCUT2D eigenvalue weighted by atomic mass is 10.2. The number of nitrogens with one attached hydrogen (secondary N) is 1. The molecule has 0 atom stereocenters. The Morgan fingerprint density at radius 3 is 2.38 bits per heavy atom. The Hall–Kier alpha value is -3.13. The van der Waals surface area contributed by atoms with E-state index in [4.69, 9.17) is 14.2 Å². The SMILES string of the molecule is COc1cc(NC(=O)c2csc(-c3ccccn3)n2)cc(OC)c1OC. The van der Waals surface area contributed by atoms with Crippen molar-refractivity contribution in [3.8, 4) is 28.0 Å². The predicted molar refractivity (Wildman–Crippen MR) is 99.4 cm³/mol. The van der Waals surface area contributed by atoms with Gasteiger partial charge in [-0.05, 0) is 12.1 Å². The first-order valence-corrected chi connectivity index (χ1v) is 8.52. The molecule has 0 unspecified atom stereocenters. The standard InChI is InChI=1S/C18H17N3O4S/c1-23-14-8-11(9-15(24-2)16(14)25-3)20-17(22)13-10-26-18(21-13)12-6-4-5-7-19-12/h4-10H,1-3H3,(H,20,22). The van der Waals surface area contributed by atoms with E-state index >= 15 is 0 Å². The van der Waals surface area contributed by atoms with Crippen LogP contribution in [0.1, 0.15) is 10.5 Å². The third-order valence-electron chi connectivity index (χ3n) is 3.54. The van der Waals surface area contributed by atoms with Gasteiger partial charge >= 0.3 is 0 Å². The van der Waals surface area contributed by atoms with Crippen molar-refractivity contribution in [2.45, 2.75) is 0 Å². The molecular formula is C18H17N3O4S. The van der Waals surface area contributed by atoms with Crippen LogP contribution in [0.15, 0.2) is 41.9 Å². The monoisotopic (exact) mass is 371 g/mol. The molecule has 1 amide bonds. The van der Waals surface area contributed by atoms with Gasteiger partial charge in [0.25, 0.3) is 5.91 Å². The van der Waals surface area contributed by atoms with E-state index in [0.717, 1.165) is 5.69 Å². The number of pyridine rings is 1. The van der Waals surface area contributed by atoms with Gasteiger partial charge in [0.05, 0.1) is 27.0 Å². The van der Waals surface area contributed by atoms with Gasteiger partial charge in [-0.1, -0.05) is 6.07 Å². The Morgan fingerprint density at radius 2 is 1.81 bits per heavy atom. The minimum absolute atomic E-state index is 0.310. The van der Waals surface area contributed by atoms with Gasteiger partial charge in [0, 0.05) is 29.4 Å². The Morgan fingerprint density at radius 1 is 1.08 bits per heavy atom. The molecule has 0 aliphatic heterocycles. The fourth-order valence-corrected chi connectivity index (χ4v) is 3.11. The molecule has 1 aromatic carbocycles.